The predicted molar refractivity (Wildman–Crippen MR) is 183 cm³/mol. The molecule has 9 rings (SSSR count). The number of furan rings is 1. The van der Waals surface area contributed by atoms with E-state index in [1.54, 1.807) is 0 Å². The van der Waals surface area contributed by atoms with Crippen molar-refractivity contribution in [1.82, 2.24) is 0 Å². The molecule has 1 aromatic heterocycles. The second-order valence-electron chi connectivity index (χ2n) is 11.2. The summed E-state index contributed by atoms with van der Waals surface area (Å²) in [6.07, 6.45) is 0. The molecule has 0 atom stereocenters. The summed E-state index contributed by atoms with van der Waals surface area (Å²) in [5.41, 5.74) is 8.83. The fourth-order valence-corrected chi connectivity index (χ4v) is 6.89. The van der Waals surface area contributed by atoms with Gasteiger partial charge in [-0.15, -0.1) is 0 Å². The van der Waals surface area contributed by atoms with E-state index in [4.69, 9.17) is 5.79 Å². The van der Waals surface area contributed by atoms with E-state index in [1.807, 2.05) is 18.2 Å². The van der Waals surface area contributed by atoms with E-state index in [0.29, 0.717) is 6.04 Å². The van der Waals surface area contributed by atoms with Crippen molar-refractivity contribution in [3.8, 4) is 33.4 Å². The number of benzene rings is 8. The molecule has 9 aromatic rings. The first-order valence-corrected chi connectivity index (χ1v) is 14.7. The summed E-state index contributed by atoms with van der Waals surface area (Å²) in [4.78, 5) is 0. The Hall–Kier alpha value is -5.66. The highest BCUT2D eigenvalue weighted by atomic mass is 16.3. The Kier molecular flexibility index (Phi) is 5.04. The summed E-state index contributed by atoms with van der Waals surface area (Å²) in [7, 11) is 0. The van der Waals surface area contributed by atoms with Crippen molar-refractivity contribution < 1.29 is 5.79 Å². The molecule has 1 nitrogen and oxygen atoms in total. The molecular weight excluding hydrogens is 520 g/mol. The summed E-state index contributed by atoms with van der Waals surface area (Å²) in [5, 5.41) is 9.33. The van der Waals surface area contributed by atoms with Crippen molar-refractivity contribution in [2.45, 2.75) is 0 Å². The van der Waals surface area contributed by atoms with Crippen molar-refractivity contribution in [3.63, 3.8) is 0 Å². The number of para-hydroxylation sites is 1. The van der Waals surface area contributed by atoms with Crippen molar-refractivity contribution in [3.05, 3.63) is 158 Å². The largest absolute Gasteiger partial charge is 0.455 e. The van der Waals surface area contributed by atoms with E-state index in [2.05, 4.69) is 133 Å². The van der Waals surface area contributed by atoms with Gasteiger partial charge < -0.3 is 4.42 Å². The summed E-state index contributed by atoms with van der Waals surface area (Å²) >= 11 is 0. The molecule has 0 N–H and O–H groups in total. The van der Waals surface area contributed by atoms with Crippen molar-refractivity contribution in [2.75, 3.05) is 0 Å². The van der Waals surface area contributed by atoms with Crippen LogP contribution in [-0.4, -0.2) is 0 Å². The van der Waals surface area contributed by atoms with Gasteiger partial charge in [0.15, 0.2) is 0 Å². The lowest BCUT2D eigenvalue weighted by Gasteiger charge is -2.19. The lowest BCUT2D eigenvalue weighted by molar-refractivity contribution is 0.670. The van der Waals surface area contributed by atoms with Gasteiger partial charge in [-0.3, -0.25) is 0 Å². The number of fused-ring (bicyclic) bond motifs is 6. The van der Waals surface area contributed by atoms with Crippen LogP contribution in [-0.2, 0) is 0 Å². The molecule has 200 valence electrons. The van der Waals surface area contributed by atoms with Crippen molar-refractivity contribution in [2.24, 2.45) is 0 Å². The van der Waals surface area contributed by atoms with Gasteiger partial charge in [-0.1, -0.05) is 140 Å². The first-order chi connectivity index (χ1) is 21.7. The first kappa shape index (κ1) is 23.0. The third-order valence-electron chi connectivity index (χ3n) is 8.79. The van der Waals surface area contributed by atoms with Crippen LogP contribution in [0.4, 0.5) is 0 Å². The van der Waals surface area contributed by atoms with Crippen LogP contribution < -0.4 is 0 Å². The molecule has 0 aliphatic carbocycles. The minimum atomic E-state index is 0.530. The van der Waals surface area contributed by atoms with E-state index < -0.39 is 0 Å². The summed E-state index contributed by atoms with van der Waals surface area (Å²) in [6, 6.07) is 54.0. The van der Waals surface area contributed by atoms with Crippen LogP contribution in [0.15, 0.2) is 162 Å². The van der Waals surface area contributed by atoms with Gasteiger partial charge in [0, 0.05) is 16.3 Å². The fourth-order valence-electron chi connectivity index (χ4n) is 6.89. The van der Waals surface area contributed by atoms with E-state index in [9.17, 15) is 0 Å². The van der Waals surface area contributed by atoms with Crippen LogP contribution in [0, 0.1) is 0 Å². The van der Waals surface area contributed by atoms with Gasteiger partial charge in [0.05, 0.1) is 1.37 Å². The molecule has 0 amide bonds. The van der Waals surface area contributed by atoms with Crippen molar-refractivity contribution in [1.29, 1.82) is 0 Å². The Balaban J connectivity index is 1.41. The van der Waals surface area contributed by atoms with Crippen LogP contribution in [0.3, 0.4) is 0 Å². The Morgan fingerprint density at radius 1 is 0.419 bits per heavy atom. The third-order valence-corrected chi connectivity index (χ3v) is 8.79. The van der Waals surface area contributed by atoms with Crippen LogP contribution >= 0.6 is 0 Å². The monoisotopic (exact) mass is 547 g/mol. The zero-order valence-corrected chi connectivity index (χ0v) is 23.3. The van der Waals surface area contributed by atoms with Crippen LogP contribution in [0.5, 0.6) is 0 Å². The van der Waals surface area contributed by atoms with E-state index >= 15 is 0 Å². The molecule has 0 aliphatic heterocycles. The lowest BCUT2D eigenvalue weighted by Crippen LogP contribution is -1.92. The van der Waals surface area contributed by atoms with Gasteiger partial charge in [-0.05, 0) is 78.3 Å². The minimum absolute atomic E-state index is 0.530. The zero-order valence-electron chi connectivity index (χ0n) is 24.3. The molecule has 8 aromatic carbocycles. The molecule has 0 aliphatic rings. The Labute approximate surface area is 250 Å². The quantitative estimate of drug-likeness (QED) is 0.201. The third kappa shape index (κ3) is 3.65. The van der Waals surface area contributed by atoms with Crippen LogP contribution in [0.2, 0.25) is 0 Å². The van der Waals surface area contributed by atoms with E-state index in [1.165, 1.54) is 43.8 Å². The molecule has 43 heavy (non-hydrogen) atoms. The second kappa shape index (κ2) is 9.44. The number of hydrogen-bond acceptors (Lipinski definition) is 1. The maximum Gasteiger partial charge on any atom is 0.143 e. The highest BCUT2D eigenvalue weighted by molar-refractivity contribution is 6.26. The lowest BCUT2D eigenvalue weighted by atomic mass is 9.84. The molecule has 0 fully saturated rings. The number of hydrogen-bond donors (Lipinski definition) is 0. The molecule has 0 saturated carbocycles. The minimum Gasteiger partial charge on any atom is -0.455 e. The SMILES string of the molecule is [2H]c1ccc2cc(-c3c4ccccc4c(-c4ccc(-c5ccccc5)c5oc6ccccc6c45)c4ccccc34)ccc2c1. The molecule has 0 saturated heterocycles. The molecule has 0 radical (unpaired) electrons. The standard InChI is InChI=1S/C42H26O/c1-2-13-28(14-3-1)31-24-25-37(41-36-20-10-11-21-38(36)43-42(31)41)40-34-18-8-6-16-32(34)39(33-17-7-9-19-35(33)40)30-23-22-27-12-4-5-15-29(27)26-30/h1-26H/i4D. The van der Waals surface area contributed by atoms with Gasteiger partial charge in [0.2, 0.25) is 0 Å². The van der Waals surface area contributed by atoms with Crippen LogP contribution in [0.25, 0.3) is 87.6 Å². The molecule has 1 heteroatoms. The average molecular weight is 548 g/mol. The summed E-state index contributed by atoms with van der Waals surface area (Å²) in [5.74, 6) is 0. The average Bonchev–Trinajstić information content (AvgIpc) is 3.47. The Bertz CT molecular complexity index is 2500. The van der Waals surface area contributed by atoms with Gasteiger partial charge >= 0.3 is 0 Å². The van der Waals surface area contributed by atoms with Gasteiger partial charge in [0.25, 0.3) is 0 Å². The maximum atomic E-state index is 8.07. The van der Waals surface area contributed by atoms with Gasteiger partial charge in [-0.2, -0.15) is 0 Å². The predicted octanol–water partition coefficient (Wildman–Crippen LogP) is 12.0. The molecular formula is C42H26O. The topological polar surface area (TPSA) is 13.1 Å². The second-order valence-corrected chi connectivity index (χ2v) is 11.2. The van der Waals surface area contributed by atoms with Gasteiger partial charge in [-0.25, -0.2) is 0 Å². The molecule has 0 unspecified atom stereocenters. The van der Waals surface area contributed by atoms with E-state index in [-0.39, 0.29) is 0 Å². The summed E-state index contributed by atoms with van der Waals surface area (Å²) < 4.78 is 14.7. The summed E-state index contributed by atoms with van der Waals surface area (Å²) in [6.45, 7) is 0. The smallest absolute Gasteiger partial charge is 0.143 e. The highest BCUT2D eigenvalue weighted by Crippen LogP contribution is 2.48. The van der Waals surface area contributed by atoms with Crippen molar-refractivity contribution >= 4 is 54.3 Å². The van der Waals surface area contributed by atoms with E-state index in [0.717, 1.165) is 43.8 Å². The Morgan fingerprint density at radius 2 is 1.05 bits per heavy atom. The van der Waals surface area contributed by atoms with Crippen LogP contribution in [0.1, 0.15) is 1.37 Å². The maximum absolute atomic E-state index is 8.07. The highest BCUT2D eigenvalue weighted by Gasteiger charge is 2.22. The molecule has 1 heterocycles. The Morgan fingerprint density at radius 3 is 1.79 bits per heavy atom. The molecule has 0 spiro atoms. The normalized spacial score (nSPS) is 12.0. The number of rotatable bonds is 3. The zero-order chi connectivity index (χ0) is 29.2. The fraction of sp³-hybridized carbons (Fsp3) is 0. The van der Waals surface area contributed by atoms with Gasteiger partial charge in [0.1, 0.15) is 11.2 Å². The molecule has 0 bridgehead atoms. The first-order valence-electron chi connectivity index (χ1n) is 15.2.